The van der Waals surface area contributed by atoms with Crippen molar-refractivity contribution in [2.75, 3.05) is 25.0 Å². The zero-order valence-corrected chi connectivity index (χ0v) is 17.5. The largest absolute Gasteiger partial charge is 0.368 e. The van der Waals surface area contributed by atoms with Crippen LogP contribution in [0.25, 0.3) is 0 Å². The van der Waals surface area contributed by atoms with Crippen molar-refractivity contribution in [1.82, 2.24) is 25.1 Å². The summed E-state index contributed by atoms with van der Waals surface area (Å²) in [5.41, 5.74) is 1.70. The van der Waals surface area contributed by atoms with Gasteiger partial charge in [-0.3, -0.25) is 9.89 Å². The topological polar surface area (TPSA) is 86.8 Å². The average molecular weight is 431 g/mol. The number of rotatable bonds is 5. The maximum atomic E-state index is 12.4. The minimum Gasteiger partial charge on any atom is -0.368 e. The van der Waals surface area contributed by atoms with Crippen LogP contribution >= 0.6 is 11.6 Å². The van der Waals surface area contributed by atoms with Crippen molar-refractivity contribution < 1.29 is 9.18 Å². The molecular weight excluding hydrogens is 407 g/mol. The third kappa shape index (κ3) is 6.00. The van der Waals surface area contributed by atoms with Gasteiger partial charge in [0.25, 0.3) is 5.91 Å². The molecule has 2 N–H and O–H groups in total. The number of carbonyl (C=O) groups excluding carboxylic acids is 1. The number of aromatic nitrogens is 4. The quantitative estimate of drug-likeness (QED) is 0.641. The Labute approximate surface area is 179 Å². The fourth-order valence-corrected chi connectivity index (χ4v) is 3.14. The number of amides is 1. The molecule has 1 aromatic carbocycles. The standard InChI is InChI=1S/C15H19ClN6O.C6H5F/c1-10-12(16)13(17-5-4-11-8-18-19-9-11)21-14(20-10)15(23)22-6-2-3-7-22;7-6-4-2-1-3-5-6/h8-9H,2-7H2,1H3,(H,18,19)(H,17,20,21);1-5H. The molecule has 30 heavy (non-hydrogen) atoms. The molecule has 0 spiro atoms. The number of hydrogen-bond donors (Lipinski definition) is 2. The Morgan fingerprint density at radius 2 is 1.97 bits per heavy atom. The molecule has 3 heterocycles. The SMILES string of the molecule is Cc1nc(C(=O)N2CCCC2)nc(NCCc2cn[nH]c2)c1Cl.Fc1ccccc1. The first-order chi connectivity index (χ1) is 14.5. The first-order valence-electron chi connectivity index (χ1n) is 9.80. The van der Waals surface area contributed by atoms with Crippen molar-refractivity contribution in [2.45, 2.75) is 26.2 Å². The molecule has 1 aliphatic rings. The highest BCUT2D eigenvalue weighted by Gasteiger charge is 2.23. The molecule has 3 aromatic rings. The molecule has 7 nitrogen and oxygen atoms in total. The van der Waals surface area contributed by atoms with Gasteiger partial charge in [-0.15, -0.1) is 0 Å². The predicted molar refractivity (Wildman–Crippen MR) is 114 cm³/mol. The van der Waals surface area contributed by atoms with Crippen LogP contribution in [0, 0.1) is 12.7 Å². The van der Waals surface area contributed by atoms with Gasteiger partial charge in [-0.25, -0.2) is 14.4 Å². The lowest BCUT2D eigenvalue weighted by Crippen LogP contribution is -2.29. The Balaban J connectivity index is 0.000000310. The number of anilines is 1. The number of aryl methyl sites for hydroxylation is 1. The monoisotopic (exact) mass is 430 g/mol. The van der Waals surface area contributed by atoms with Gasteiger partial charge >= 0.3 is 0 Å². The third-order valence-corrected chi connectivity index (χ3v) is 5.05. The maximum Gasteiger partial charge on any atom is 0.291 e. The van der Waals surface area contributed by atoms with E-state index in [0.717, 1.165) is 37.9 Å². The molecule has 1 fully saturated rings. The summed E-state index contributed by atoms with van der Waals surface area (Å²) in [5, 5.41) is 10.3. The molecule has 1 amide bonds. The van der Waals surface area contributed by atoms with E-state index >= 15 is 0 Å². The summed E-state index contributed by atoms with van der Waals surface area (Å²) in [6, 6.07) is 7.94. The number of nitrogens with one attached hydrogen (secondary N) is 2. The summed E-state index contributed by atoms with van der Waals surface area (Å²) in [4.78, 5) is 22.8. The highest BCUT2D eigenvalue weighted by Crippen LogP contribution is 2.23. The summed E-state index contributed by atoms with van der Waals surface area (Å²) >= 11 is 6.26. The highest BCUT2D eigenvalue weighted by atomic mass is 35.5. The van der Waals surface area contributed by atoms with Gasteiger partial charge in [-0.2, -0.15) is 5.10 Å². The van der Waals surface area contributed by atoms with Crippen LogP contribution in [0.15, 0.2) is 42.7 Å². The van der Waals surface area contributed by atoms with E-state index in [2.05, 4.69) is 25.5 Å². The Morgan fingerprint density at radius 1 is 1.23 bits per heavy atom. The van der Waals surface area contributed by atoms with Crippen LogP contribution in [0.2, 0.25) is 5.02 Å². The first kappa shape index (κ1) is 21.7. The molecule has 0 radical (unpaired) electrons. The van der Waals surface area contributed by atoms with Gasteiger partial charge in [-0.05, 0) is 43.9 Å². The number of H-pyrrole nitrogens is 1. The Kier molecular flexibility index (Phi) is 7.73. The van der Waals surface area contributed by atoms with Crippen molar-refractivity contribution >= 4 is 23.3 Å². The molecule has 1 saturated heterocycles. The Hall–Kier alpha value is -3.00. The fraction of sp³-hybridized carbons (Fsp3) is 0.333. The van der Waals surface area contributed by atoms with Gasteiger partial charge in [0, 0.05) is 25.8 Å². The number of benzene rings is 1. The number of hydrogen-bond acceptors (Lipinski definition) is 5. The van der Waals surface area contributed by atoms with Crippen molar-refractivity contribution in [2.24, 2.45) is 0 Å². The van der Waals surface area contributed by atoms with Gasteiger partial charge in [0.15, 0.2) is 0 Å². The smallest absolute Gasteiger partial charge is 0.291 e. The van der Waals surface area contributed by atoms with Crippen LogP contribution in [0.4, 0.5) is 10.2 Å². The van der Waals surface area contributed by atoms with E-state index in [4.69, 9.17) is 11.6 Å². The third-order valence-electron chi connectivity index (χ3n) is 4.60. The molecule has 4 rings (SSSR count). The summed E-state index contributed by atoms with van der Waals surface area (Å²) < 4.78 is 11.9. The number of carbonyl (C=O) groups is 1. The minimum absolute atomic E-state index is 0.125. The Morgan fingerprint density at radius 3 is 2.57 bits per heavy atom. The molecule has 2 aromatic heterocycles. The van der Waals surface area contributed by atoms with E-state index in [1.807, 2.05) is 6.20 Å². The fourth-order valence-electron chi connectivity index (χ4n) is 2.99. The van der Waals surface area contributed by atoms with E-state index in [1.165, 1.54) is 12.1 Å². The van der Waals surface area contributed by atoms with Crippen molar-refractivity contribution in [1.29, 1.82) is 0 Å². The average Bonchev–Trinajstić information content (AvgIpc) is 3.46. The van der Waals surface area contributed by atoms with E-state index in [-0.39, 0.29) is 17.5 Å². The molecule has 0 atom stereocenters. The van der Waals surface area contributed by atoms with Crippen molar-refractivity contribution in [3.63, 3.8) is 0 Å². The number of halogens is 2. The van der Waals surface area contributed by atoms with Crippen molar-refractivity contribution in [3.05, 3.63) is 70.6 Å². The highest BCUT2D eigenvalue weighted by molar-refractivity contribution is 6.33. The van der Waals surface area contributed by atoms with Crippen LogP contribution in [-0.4, -0.2) is 50.6 Å². The second-order valence-corrected chi connectivity index (χ2v) is 7.25. The lowest BCUT2D eigenvalue weighted by Gasteiger charge is -2.16. The number of aromatic amines is 1. The molecule has 9 heteroatoms. The summed E-state index contributed by atoms with van der Waals surface area (Å²) in [6.45, 7) is 3.97. The van der Waals surface area contributed by atoms with Crippen molar-refractivity contribution in [3.8, 4) is 0 Å². The second-order valence-electron chi connectivity index (χ2n) is 6.87. The zero-order chi connectivity index (χ0) is 21.3. The molecule has 158 valence electrons. The molecule has 0 bridgehead atoms. The minimum atomic E-state index is -0.178. The van der Waals surface area contributed by atoms with Crippen LogP contribution in [0.5, 0.6) is 0 Å². The van der Waals surface area contributed by atoms with Gasteiger partial charge in [0.1, 0.15) is 16.7 Å². The van der Waals surface area contributed by atoms with E-state index in [0.29, 0.717) is 23.1 Å². The number of likely N-dealkylation sites (tertiary alicyclic amines) is 1. The molecule has 0 aliphatic carbocycles. The zero-order valence-electron chi connectivity index (χ0n) is 16.7. The normalized spacial score (nSPS) is 13.0. The van der Waals surface area contributed by atoms with Gasteiger partial charge in [0.05, 0.1) is 11.9 Å². The Bertz CT molecular complexity index is 946. The second kappa shape index (κ2) is 10.7. The van der Waals surface area contributed by atoms with Crippen LogP contribution < -0.4 is 5.32 Å². The van der Waals surface area contributed by atoms with Crippen LogP contribution in [0.1, 0.15) is 34.7 Å². The van der Waals surface area contributed by atoms with E-state index in [1.54, 1.807) is 36.2 Å². The van der Waals surface area contributed by atoms with E-state index < -0.39 is 0 Å². The summed E-state index contributed by atoms with van der Waals surface area (Å²) in [7, 11) is 0. The first-order valence-corrected chi connectivity index (χ1v) is 10.2. The van der Waals surface area contributed by atoms with Gasteiger partial charge < -0.3 is 10.2 Å². The lowest BCUT2D eigenvalue weighted by molar-refractivity contribution is 0.0780. The maximum absolute atomic E-state index is 12.4. The summed E-state index contributed by atoms with van der Waals surface area (Å²) in [5.74, 6) is 0.410. The van der Waals surface area contributed by atoms with E-state index in [9.17, 15) is 9.18 Å². The lowest BCUT2D eigenvalue weighted by atomic mass is 10.2. The molecular formula is C21H24ClFN6O. The summed E-state index contributed by atoms with van der Waals surface area (Å²) in [6.07, 6.45) is 6.47. The van der Waals surface area contributed by atoms with Gasteiger partial charge in [0.2, 0.25) is 5.82 Å². The predicted octanol–water partition coefficient (Wildman–Crippen LogP) is 3.88. The van der Waals surface area contributed by atoms with Gasteiger partial charge in [-0.1, -0.05) is 29.8 Å². The van der Waals surface area contributed by atoms with Crippen LogP contribution in [-0.2, 0) is 6.42 Å². The van der Waals surface area contributed by atoms with Crippen LogP contribution in [0.3, 0.4) is 0 Å². The molecule has 0 unspecified atom stereocenters. The molecule has 1 aliphatic heterocycles. The number of nitrogens with zero attached hydrogens (tertiary/aromatic N) is 4. The molecule has 0 saturated carbocycles.